The van der Waals surface area contributed by atoms with Crippen molar-refractivity contribution in [1.82, 2.24) is 10.2 Å². The van der Waals surface area contributed by atoms with E-state index in [9.17, 15) is 14.4 Å². The van der Waals surface area contributed by atoms with Crippen LogP contribution in [0.1, 0.15) is 59.1 Å². The van der Waals surface area contributed by atoms with Crippen molar-refractivity contribution in [2.45, 2.75) is 71.4 Å². The minimum atomic E-state index is -0.658. The molecule has 7 heteroatoms. The number of hydrogen-bond acceptors (Lipinski definition) is 5. The molecule has 172 valence electrons. The Bertz CT molecular complexity index is 790. The Morgan fingerprint density at radius 3 is 2.19 bits per heavy atom. The van der Waals surface area contributed by atoms with Crippen LogP contribution in [0.25, 0.3) is 0 Å². The van der Waals surface area contributed by atoms with Crippen LogP contribution in [0.2, 0.25) is 0 Å². The molecule has 2 amide bonds. The van der Waals surface area contributed by atoms with E-state index in [2.05, 4.69) is 38.2 Å². The zero-order valence-electron chi connectivity index (χ0n) is 19.8. The van der Waals surface area contributed by atoms with E-state index < -0.39 is 29.6 Å². The lowest BCUT2D eigenvalue weighted by atomic mass is 9.86. The Hall–Kier alpha value is -2.57. The zero-order chi connectivity index (χ0) is 23.4. The van der Waals surface area contributed by atoms with E-state index in [1.165, 1.54) is 12.7 Å². The van der Waals surface area contributed by atoms with E-state index in [4.69, 9.17) is 9.47 Å². The van der Waals surface area contributed by atoms with Crippen LogP contribution in [0.4, 0.5) is 4.79 Å². The predicted octanol–water partition coefficient (Wildman–Crippen LogP) is 3.44. The summed E-state index contributed by atoms with van der Waals surface area (Å²) in [4.78, 5) is 39.1. The number of methoxy groups -OCH3 is 1. The van der Waals surface area contributed by atoms with Crippen LogP contribution >= 0.6 is 0 Å². The van der Waals surface area contributed by atoms with Gasteiger partial charge in [-0.2, -0.15) is 0 Å². The first-order valence-electron chi connectivity index (χ1n) is 10.7. The maximum absolute atomic E-state index is 12.9. The number of ether oxygens (including phenoxy) is 2. The Labute approximate surface area is 185 Å². The minimum Gasteiger partial charge on any atom is -0.469 e. The molecule has 0 aromatic heterocycles. The molecular formula is C24H36N2O5. The van der Waals surface area contributed by atoms with Gasteiger partial charge in [-0.1, -0.05) is 45.0 Å². The van der Waals surface area contributed by atoms with Crippen LogP contribution in [-0.4, -0.2) is 54.7 Å². The maximum Gasteiger partial charge on any atom is 0.407 e. The number of carbonyl (C=O) groups excluding carboxylic acids is 3. The number of esters is 1. The molecule has 0 saturated carbocycles. The Balaban J connectivity index is 2.06. The number of carbonyl (C=O) groups is 3. The van der Waals surface area contributed by atoms with Crippen LogP contribution in [0, 0.1) is 5.92 Å². The average molecular weight is 433 g/mol. The second kappa shape index (κ2) is 9.71. The second-order valence-electron chi connectivity index (χ2n) is 10.1. The topological polar surface area (TPSA) is 84.9 Å². The van der Waals surface area contributed by atoms with Gasteiger partial charge in [0.1, 0.15) is 5.60 Å². The largest absolute Gasteiger partial charge is 0.469 e. The molecule has 0 aliphatic carbocycles. The Morgan fingerprint density at radius 2 is 1.68 bits per heavy atom. The van der Waals surface area contributed by atoms with Crippen molar-refractivity contribution < 1.29 is 23.9 Å². The van der Waals surface area contributed by atoms with Gasteiger partial charge in [0.2, 0.25) is 5.91 Å². The van der Waals surface area contributed by atoms with Gasteiger partial charge in [-0.25, -0.2) is 4.79 Å². The van der Waals surface area contributed by atoms with Crippen LogP contribution < -0.4 is 5.32 Å². The summed E-state index contributed by atoms with van der Waals surface area (Å²) in [5, 5.41) is 2.76. The third-order valence-electron chi connectivity index (χ3n) is 5.35. The molecule has 1 heterocycles. The smallest absolute Gasteiger partial charge is 0.407 e. The summed E-state index contributed by atoms with van der Waals surface area (Å²) >= 11 is 0. The van der Waals surface area contributed by atoms with Gasteiger partial charge in [0.15, 0.2) is 0 Å². The van der Waals surface area contributed by atoms with E-state index >= 15 is 0 Å². The molecule has 0 radical (unpaired) electrons. The minimum absolute atomic E-state index is 0.0391. The van der Waals surface area contributed by atoms with E-state index in [0.29, 0.717) is 13.0 Å². The molecule has 31 heavy (non-hydrogen) atoms. The van der Waals surface area contributed by atoms with Crippen molar-refractivity contribution >= 4 is 18.0 Å². The molecule has 1 aliphatic heterocycles. The highest BCUT2D eigenvalue weighted by atomic mass is 16.6. The van der Waals surface area contributed by atoms with E-state index in [0.717, 1.165) is 5.56 Å². The van der Waals surface area contributed by atoms with Gasteiger partial charge in [0, 0.05) is 13.1 Å². The number of piperidine rings is 1. The van der Waals surface area contributed by atoms with E-state index in [-0.39, 0.29) is 24.3 Å². The first kappa shape index (κ1) is 24.7. The lowest BCUT2D eigenvalue weighted by Gasteiger charge is -2.37. The van der Waals surface area contributed by atoms with Gasteiger partial charge in [-0.15, -0.1) is 0 Å². The molecular weight excluding hydrogens is 396 g/mol. The van der Waals surface area contributed by atoms with Gasteiger partial charge in [0.25, 0.3) is 0 Å². The summed E-state index contributed by atoms with van der Waals surface area (Å²) in [5.41, 5.74) is 1.54. The van der Waals surface area contributed by atoms with Crippen molar-refractivity contribution in [3.63, 3.8) is 0 Å². The molecule has 1 N–H and O–H groups in total. The zero-order valence-corrected chi connectivity index (χ0v) is 19.8. The molecule has 7 nitrogen and oxygen atoms in total. The molecule has 1 aromatic carbocycles. The van der Waals surface area contributed by atoms with Crippen molar-refractivity contribution in [2.75, 3.05) is 20.2 Å². The number of likely N-dealkylation sites (tertiary alicyclic amines) is 1. The summed E-state index contributed by atoms with van der Waals surface area (Å²) in [6.07, 6.45) is 0.0763. The second-order valence-corrected chi connectivity index (χ2v) is 10.1. The number of nitrogens with one attached hydrogen (secondary N) is 1. The molecule has 1 aromatic rings. The highest BCUT2D eigenvalue weighted by Gasteiger charge is 2.38. The fourth-order valence-electron chi connectivity index (χ4n) is 3.63. The van der Waals surface area contributed by atoms with Crippen LogP contribution in [-0.2, 0) is 30.9 Å². The summed E-state index contributed by atoms with van der Waals surface area (Å²) in [5.74, 6) is -0.957. The van der Waals surface area contributed by atoms with E-state index in [1.54, 1.807) is 25.7 Å². The molecule has 2 rings (SSSR count). The van der Waals surface area contributed by atoms with Crippen molar-refractivity contribution in [3.05, 3.63) is 35.4 Å². The predicted molar refractivity (Wildman–Crippen MR) is 119 cm³/mol. The van der Waals surface area contributed by atoms with Crippen LogP contribution in [0.3, 0.4) is 0 Å². The summed E-state index contributed by atoms with van der Waals surface area (Å²) < 4.78 is 10.2. The highest BCUT2D eigenvalue weighted by Crippen LogP contribution is 2.24. The fraction of sp³-hybridized carbons (Fsp3) is 0.625. The third kappa shape index (κ3) is 7.26. The van der Waals surface area contributed by atoms with Crippen molar-refractivity contribution in [3.8, 4) is 0 Å². The van der Waals surface area contributed by atoms with Crippen LogP contribution in [0.15, 0.2) is 24.3 Å². The molecule has 2 atom stereocenters. The number of benzene rings is 1. The SMILES string of the molecule is COC(=O)C1CCN(C(=O)Cc2ccc(C(C)(C)C)cc2)CC1NC(=O)OC(C)(C)C. The van der Waals surface area contributed by atoms with Crippen molar-refractivity contribution in [1.29, 1.82) is 0 Å². The quantitative estimate of drug-likeness (QED) is 0.737. The highest BCUT2D eigenvalue weighted by molar-refractivity contribution is 5.80. The van der Waals surface area contributed by atoms with Gasteiger partial charge in [-0.05, 0) is 43.7 Å². The average Bonchev–Trinajstić information content (AvgIpc) is 2.65. The van der Waals surface area contributed by atoms with Gasteiger partial charge in [0.05, 0.1) is 25.5 Å². The van der Waals surface area contributed by atoms with Gasteiger partial charge < -0.3 is 19.7 Å². The lowest BCUT2D eigenvalue weighted by molar-refractivity contribution is -0.150. The lowest BCUT2D eigenvalue weighted by Crippen LogP contribution is -2.56. The number of rotatable bonds is 4. The Morgan fingerprint density at radius 1 is 1.06 bits per heavy atom. The number of alkyl carbamates (subject to hydrolysis) is 1. The van der Waals surface area contributed by atoms with Gasteiger partial charge >= 0.3 is 12.1 Å². The first-order chi connectivity index (χ1) is 14.3. The standard InChI is InChI=1S/C24H36N2O5/c1-23(2,3)17-10-8-16(9-11-17)14-20(27)26-13-12-18(21(28)30-7)19(15-26)25-22(29)31-24(4,5)6/h8-11,18-19H,12-15H2,1-7H3,(H,25,29). The molecule has 1 saturated heterocycles. The van der Waals surface area contributed by atoms with Gasteiger partial charge in [-0.3, -0.25) is 9.59 Å². The fourth-order valence-corrected chi connectivity index (χ4v) is 3.63. The van der Waals surface area contributed by atoms with E-state index in [1.807, 2.05) is 12.1 Å². The Kier molecular flexibility index (Phi) is 7.73. The summed E-state index contributed by atoms with van der Waals surface area (Å²) in [7, 11) is 1.33. The molecule has 0 spiro atoms. The number of amides is 2. The first-order valence-corrected chi connectivity index (χ1v) is 10.7. The summed E-state index contributed by atoms with van der Waals surface area (Å²) in [6.45, 7) is 12.4. The van der Waals surface area contributed by atoms with Crippen molar-refractivity contribution in [2.24, 2.45) is 5.92 Å². The molecule has 1 aliphatic rings. The van der Waals surface area contributed by atoms with Crippen LogP contribution in [0.5, 0.6) is 0 Å². The third-order valence-corrected chi connectivity index (χ3v) is 5.35. The number of hydrogen-bond donors (Lipinski definition) is 1. The number of nitrogens with zero attached hydrogens (tertiary/aromatic N) is 1. The maximum atomic E-state index is 12.9. The molecule has 0 bridgehead atoms. The molecule has 1 fully saturated rings. The molecule has 2 unspecified atom stereocenters. The summed E-state index contributed by atoms with van der Waals surface area (Å²) in [6, 6.07) is 7.51. The monoisotopic (exact) mass is 432 g/mol. The normalized spacial score (nSPS) is 19.5.